The van der Waals surface area contributed by atoms with Crippen LogP contribution in [0.15, 0.2) is 91.1 Å². The smallest absolute Gasteiger partial charge is 0.326 e. The van der Waals surface area contributed by atoms with Crippen LogP contribution in [0.1, 0.15) is 40.1 Å². The van der Waals surface area contributed by atoms with Crippen molar-refractivity contribution in [2.24, 2.45) is 5.92 Å². The summed E-state index contributed by atoms with van der Waals surface area (Å²) in [6, 6.07) is 25.6. The second kappa shape index (κ2) is 10.3. The highest BCUT2D eigenvalue weighted by Gasteiger charge is 2.38. The predicted molar refractivity (Wildman–Crippen MR) is 146 cm³/mol. The Kier molecular flexibility index (Phi) is 6.75. The molecule has 0 bridgehead atoms. The van der Waals surface area contributed by atoms with E-state index < -0.39 is 12.0 Å². The third kappa shape index (κ3) is 4.91. The molecule has 0 aliphatic carbocycles. The Morgan fingerprint density at radius 2 is 1.58 bits per heavy atom. The molecule has 1 aromatic heterocycles. The number of aliphatic carboxylic acids is 1. The van der Waals surface area contributed by atoms with Crippen molar-refractivity contribution in [2.75, 3.05) is 5.32 Å². The molecule has 0 saturated carbocycles. The maximum absolute atomic E-state index is 13.0. The van der Waals surface area contributed by atoms with Gasteiger partial charge in [-0.05, 0) is 52.9 Å². The second-order valence-corrected chi connectivity index (χ2v) is 9.66. The molecule has 2 amide bonds. The lowest BCUT2D eigenvalue weighted by Gasteiger charge is -2.27. The van der Waals surface area contributed by atoms with Crippen molar-refractivity contribution in [3.05, 3.63) is 108 Å². The highest BCUT2D eigenvalue weighted by atomic mass is 16.4. The first-order chi connectivity index (χ1) is 18.3. The molecule has 7 heteroatoms. The Hall–Kier alpha value is -4.78. The van der Waals surface area contributed by atoms with E-state index in [1.54, 1.807) is 32.0 Å². The van der Waals surface area contributed by atoms with Gasteiger partial charge >= 0.3 is 5.97 Å². The normalized spacial score (nSPS) is 13.3. The van der Waals surface area contributed by atoms with E-state index >= 15 is 0 Å². The Balaban J connectivity index is 1.28. The van der Waals surface area contributed by atoms with Gasteiger partial charge in [-0.25, -0.2) is 4.79 Å². The highest BCUT2D eigenvalue weighted by Crippen LogP contribution is 2.31. The van der Waals surface area contributed by atoms with Crippen LogP contribution >= 0.6 is 0 Å². The number of carbonyl (C=O) groups is 3. The van der Waals surface area contributed by atoms with Crippen LogP contribution in [-0.4, -0.2) is 38.8 Å². The number of amides is 2. The van der Waals surface area contributed by atoms with Crippen molar-refractivity contribution in [1.29, 1.82) is 0 Å². The van der Waals surface area contributed by atoms with Gasteiger partial charge in [-0.1, -0.05) is 68.4 Å². The summed E-state index contributed by atoms with van der Waals surface area (Å²) in [6.45, 7) is 3.85. The molecule has 5 rings (SSSR count). The molecule has 2 N–H and O–H groups in total. The molecular weight excluding hydrogens is 478 g/mol. The zero-order valence-corrected chi connectivity index (χ0v) is 21.1. The van der Waals surface area contributed by atoms with Gasteiger partial charge in [0.15, 0.2) is 0 Å². The SMILES string of the molecule is CC(C)C(C(=O)O)N1Cc2ccc(-c3ccc(C(=O)Nc4ccc(-c5ccccc5)cc4)cn3)cc2C1=O. The molecule has 190 valence electrons. The van der Waals surface area contributed by atoms with Crippen LogP contribution in [0.2, 0.25) is 0 Å². The number of carboxylic acid groups (broad SMARTS) is 1. The Morgan fingerprint density at radius 3 is 2.21 bits per heavy atom. The molecule has 1 aliphatic rings. The number of nitrogens with one attached hydrogen (secondary N) is 1. The van der Waals surface area contributed by atoms with Crippen molar-refractivity contribution >= 4 is 23.5 Å². The number of pyridine rings is 1. The van der Waals surface area contributed by atoms with E-state index in [0.717, 1.165) is 22.3 Å². The number of aromatic nitrogens is 1. The maximum atomic E-state index is 13.0. The quantitative estimate of drug-likeness (QED) is 0.334. The molecule has 1 unspecified atom stereocenters. The lowest BCUT2D eigenvalue weighted by molar-refractivity contribution is -0.144. The average molecular weight is 506 g/mol. The molecule has 3 aromatic carbocycles. The van der Waals surface area contributed by atoms with Gasteiger partial charge in [0.1, 0.15) is 6.04 Å². The fourth-order valence-electron chi connectivity index (χ4n) is 4.76. The van der Waals surface area contributed by atoms with Crippen molar-refractivity contribution in [1.82, 2.24) is 9.88 Å². The van der Waals surface area contributed by atoms with Crippen LogP contribution < -0.4 is 5.32 Å². The van der Waals surface area contributed by atoms with Gasteiger partial charge in [-0.3, -0.25) is 14.6 Å². The van der Waals surface area contributed by atoms with Gasteiger partial charge in [0, 0.05) is 29.6 Å². The van der Waals surface area contributed by atoms with Crippen molar-refractivity contribution in [3.8, 4) is 22.4 Å². The fourth-order valence-corrected chi connectivity index (χ4v) is 4.76. The standard InChI is InChI=1S/C31H27N3O4/c1-19(2)28(31(37)38)34-18-24-9-8-22(16-26(24)30(34)36)27-15-12-23(17-32-27)29(35)33-25-13-10-21(11-14-25)20-6-4-3-5-7-20/h3-17,19,28H,18H2,1-2H3,(H,33,35)(H,37,38). The lowest BCUT2D eigenvalue weighted by atomic mass is 10.0. The molecule has 0 radical (unpaired) electrons. The van der Waals surface area contributed by atoms with E-state index in [2.05, 4.69) is 10.3 Å². The van der Waals surface area contributed by atoms with E-state index in [0.29, 0.717) is 22.5 Å². The molecule has 0 saturated heterocycles. The topological polar surface area (TPSA) is 99.6 Å². The fraction of sp³-hybridized carbons (Fsp3) is 0.161. The monoisotopic (exact) mass is 505 g/mol. The van der Waals surface area contributed by atoms with Gasteiger partial charge in [-0.15, -0.1) is 0 Å². The molecule has 0 fully saturated rings. The molecule has 38 heavy (non-hydrogen) atoms. The summed E-state index contributed by atoms with van der Waals surface area (Å²) in [6.07, 6.45) is 1.50. The predicted octanol–water partition coefficient (Wildman–Crippen LogP) is 5.73. The molecule has 1 aliphatic heterocycles. The number of fused-ring (bicyclic) bond motifs is 1. The second-order valence-electron chi connectivity index (χ2n) is 9.66. The Labute approximate surface area is 220 Å². The molecule has 2 heterocycles. The number of carboxylic acids is 1. The number of nitrogens with zero attached hydrogens (tertiary/aromatic N) is 2. The van der Waals surface area contributed by atoms with E-state index in [1.165, 1.54) is 11.1 Å². The first-order valence-corrected chi connectivity index (χ1v) is 12.4. The first kappa shape index (κ1) is 24.9. The summed E-state index contributed by atoms with van der Waals surface area (Å²) >= 11 is 0. The summed E-state index contributed by atoms with van der Waals surface area (Å²) in [5.41, 5.74) is 5.87. The van der Waals surface area contributed by atoms with Crippen molar-refractivity contribution in [3.63, 3.8) is 0 Å². The third-order valence-corrected chi connectivity index (χ3v) is 6.73. The number of carbonyl (C=O) groups excluding carboxylic acids is 2. The summed E-state index contributed by atoms with van der Waals surface area (Å²) < 4.78 is 0. The number of hydrogen-bond donors (Lipinski definition) is 2. The Morgan fingerprint density at radius 1 is 0.895 bits per heavy atom. The van der Waals surface area contributed by atoms with Gasteiger partial charge in [-0.2, -0.15) is 0 Å². The Bertz CT molecular complexity index is 1500. The first-order valence-electron chi connectivity index (χ1n) is 12.4. The van der Waals surface area contributed by atoms with E-state index in [1.807, 2.05) is 66.7 Å². The van der Waals surface area contributed by atoms with Gasteiger partial charge < -0.3 is 15.3 Å². The summed E-state index contributed by atoms with van der Waals surface area (Å²) in [7, 11) is 0. The number of hydrogen-bond acceptors (Lipinski definition) is 4. The van der Waals surface area contributed by atoms with Crippen LogP contribution in [0.4, 0.5) is 5.69 Å². The minimum Gasteiger partial charge on any atom is -0.480 e. The zero-order valence-electron chi connectivity index (χ0n) is 21.1. The van der Waals surface area contributed by atoms with Gasteiger partial charge in [0.2, 0.25) is 0 Å². The van der Waals surface area contributed by atoms with Crippen LogP contribution in [-0.2, 0) is 11.3 Å². The largest absolute Gasteiger partial charge is 0.480 e. The van der Waals surface area contributed by atoms with E-state index in [9.17, 15) is 19.5 Å². The molecule has 0 spiro atoms. The van der Waals surface area contributed by atoms with Crippen LogP contribution in [0.5, 0.6) is 0 Å². The third-order valence-electron chi connectivity index (χ3n) is 6.73. The molecule has 1 atom stereocenters. The summed E-state index contributed by atoms with van der Waals surface area (Å²) in [5.74, 6) is -1.79. The maximum Gasteiger partial charge on any atom is 0.326 e. The molecule has 4 aromatic rings. The summed E-state index contributed by atoms with van der Waals surface area (Å²) in [5, 5.41) is 12.5. The van der Waals surface area contributed by atoms with E-state index in [4.69, 9.17) is 0 Å². The zero-order chi connectivity index (χ0) is 26.8. The lowest BCUT2D eigenvalue weighted by Crippen LogP contribution is -2.44. The average Bonchev–Trinajstić information content (AvgIpc) is 3.24. The molecular formula is C31H27N3O4. The van der Waals surface area contributed by atoms with Crippen molar-refractivity contribution in [2.45, 2.75) is 26.4 Å². The van der Waals surface area contributed by atoms with Gasteiger partial charge in [0.25, 0.3) is 11.8 Å². The summed E-state index contributed by atoms with van der Waals surface area (Å²) in [4.78, 5) is 43.4. The van der Waals surface area contributed by atoms with E-state index in [-0.39, 0.29) is 24.3 Å². The van der Waals surface area contributed by atoms with Crippen LogP contribution in [0.25, 0.3) is 22.4 Å². The van der Waals surface area contributed by atoms with Crippen molar-refractivity contribution < 1.29 is 19.5 Å². The minimum atomic E-state index is -1.01. The van der Waals surface area contributed by atoms with Gasteiger partial charge in [0.05, 0.1) is 11.3 Å². The minimum absolute atomic E-state index is 0.215. The van der Waals surface area contributed by atoms with Crippen LogP contribution in [0, 0.1) is 5.92 Å². The molecule has 7 nitrogen and oxygen atoms in total. The number of benzene rings is 3. The van der Waals surface area contributed by atoms with Crippen LogP contribution in [0.3, 0.4) is 0 Å². The number of rotatable bonds is 7. The number of anilines is 1. The highest BCUT2D eigenvalue weighted by molar-refractivity contribution is 6.04.